The molecule has 22 heavy (non-hydrogen) atoms. The average molecular weight is 307 g/mol. The molecule has 0 aliphatic rings. The number of hydrogen-bond acceptors (Lipinski definition) is 3. The molecule has 5 heteroatoms. The number of hydrogen-bond donors (Lipinski definition) is 2. The minimum Gasteiger partial charge on any atom is -0.497 e. The Morgan fingerprint density at radius 2 is 1.95 bits per heavy atom. The van der Waals surface area contributed by atoms with E-state index in [0.29, 0.717) is 18.6 Å². The Kier molecular flexibility index (Phi) is 6.40. The van der Waals surface area contributed by atoms with Crippen molar-refractivity contribution in [3.05, 3.63) is 29.8 Å². The van der Waals surface area contributed by atoms with Crippen LogP contribution in [0, 0.1) is 5.41 Å². The van der Waals surface area contributed by atoms with Crippen molar-refractivity contribution in [3.63, 3.8) is 0 Å². The van der Waals surface area contributed by atoms with Crippen LogP contribution in [0.4, 0.5) is 0 Å². The van der Waals surface area contributed by atoms with Gasteiger partial charge in [-0.3, -0.25) is 9.59 Å². The van der Waals surface area contributed by atoms with Gasteiger partial charge in [0.05, 0.1) is 18.4 Å². The summed E-state index contributed by atoms with van der Waals surface area (Å²) in [6, 6.07) is 7.32. The zero-order valence-corrected chi connectivity index (χ0v) is 13.7. The number of ether oxygens (including phenoxy) is 1. The van der Waals surface area contributed by atoms with Gasteiger partial charge in [0, 0.05) is 6.54 Å². The Morgan fingerprint density at radius 1 is 1.32 bits per heavy atom. The normalized spacial score (nSPS) is 12.5. The second-order valence-electron chi connectivity index (χ2n) is 5.51. The number of carbonyl (C=O) groups excluding carboxylic acids is 1. The number of benzene rings is 1. The molecule has 1 aromatic carbocycles. The smallest absolute Gasteiger partial charge is 0.311 e. The molecule has 0 spiro atoms. The predicted octanol–water partition coefficient (Wildman–Crippen LogP) is 2.81. The van der Waals surface area contributed by atoms with E-state index in [4.69, 9.17) is 4.74 Å². The van der Waals surface area contributed by atoms with E-state index in [1.807, 2.05) is 38.1 Å². The minimum absolute atomic E-state index is 0.141. The highest BCUT2D eigenvalue weighted by Crippen LogP contribution is 2.26. The van der Waals surface area contributed by atoms with Gasteiger partial charge in [0.15, 0.2) is 0 Å². The van der Waals surface area contributed by atoms with Crippen LogP contribution < -0.4 is 10.1 Å². The number of amides is 1. The van der Waals surface area contributed by atoms with Crippen LogP contribution in [0.25, 0.3) is 0 Å². The van der Waals surface area contributed by atoms with Gasteiger partial charge in [-0.2, -0.15) is 0 Å². The van der Waals surface area contributed by atoms with E-state index in [2.05, 4.69) is 5.32 Å². The number of carboxylic acid groups (broad SMARTS) is 1. The van der Waals surface area contributed by atoms with Crippen LogP contribution in [0.3, 0.4) is 0 Å². The third-order valence-corrected chi connectivity index (χ3v) is 4.40. The molecule has 1 rings (SSSR count). The summed E-state index contributed by atoms with van der Waals surface area (Å²) >= 11 is 0. The Balaban J connectivity index is 2.77. The van der Waals surface area contributed by atoms with Crippen molar-refractivity contribution >= 4 is 11.9 Å². The maximum Gasteiger partial charge on any atom is 0.311 e. The molecule has 0 aromatic heterocycles. The van der Waals surface area contributed by atoms with Crippen molar-refractivity contribution in [3.8, 4) is 5.75 Å². The Morgan fingerprint density at radius 3 is 2.45 bits per heavy atom. The topological polar surface area (TPSA) is 75.6 Å². The molecule has 0 aliphatic heterocycles. The van der Waals surface area contributed by atoms with E-state index in [1.165, 1.54) is 0 Å². The third kappa shape index (κ3) is 4.00. The number of aliphatic carboxylic acids is 1. The quantitative estimate of drug-likeness (QED) is 0.774. The standard InChI is InChI=1S/C17H25NO4/c1-5-17(6-2,16(20)21)11-18-15(19)12(3)13-8-7-9-14(10-13)22-4/h7-10,12H,5-6,11H2,1-4H3,(H,18,19)(H,20,21). The monoisotopic (exact) mass is 307 g/mol. The number of rotatable bonds is 8. The summed E-state index contributed by atoms with van der Waals surface area (Å²) in [5.41, 5.74) is -0.0604. The van der Waals surface area contributed by atoms with Gasteiger partial charge in [0.2, 0.25) is 5.91 Å². The van der Waals surface area contributed by atoms with Gasteiger partial charge in [-0.25, -0.2) is 0 Å². The number of methoxy groups -OCH3 is 1. The first-order chi connectivity index (χ1) is 10.4. The molecular formula is C17H25NO4. The van der Waals surface area contributed by atoms with Gasteiger partial charge in [-0.15, -0.1) is 0 Å². The van der Waals surface area contributed by atoms with Gasteiger partial charge in [-0.05, 0) is 37.5 Å². The van der Waals surface area contributed by atoms with E-state index >= 15 is 0 Å². The van der Waals surface area contributed by atoms with E-state index in [0.717, 1.165) is 5.56 Å². The molecule has 0 heterocycles. The molecule has 1 atom stereocenters. The van der Waals surface area contributed by atoms with Crippen molar-refractivity contribution in [2.24, 2.45) is 5.41 Å². The van der Waals surface area contributed by atoms with Gasteiger partial charge in [-0.1, -0.05) is 26.0 Å². The fourth-order valence-electron chi connectivity index (χ4n) is 2.35. The highest BCUT2D eigenvalue weighted by molar-refractivity contribution is 5.84. The zero-order valence-electron chi connectivity index (χ0n) is 13.7. The van der Waals surface area contributed by atoms with Crippen LogP contribution in [-0.4, -0.2) is 30.6 Å². The number of nitrogens with one attached hydrogen (secondary N) is 1. The second-order valence-corrected chi connectivity index (χ2v) is 5.51. The summed E-state index contributed by atoms with van der Waals surface area (Å²) in [5, 5.41) is 12.2. The second kappa shape index (κ2) is 7.82. The maximum absolute atomic E-state index is 12.3. The molecule has 1 unspecified atom stereocenters. The lowest BCUT2D eigenvalue weighted by molar-refractivity contribution is -0.149. The molecule has 0 saturated heterocycles. The summed E-state index contributed by atoms with van der Waals surface area (Å²) in [4.78, 5) is 23.8. The molecule has 122 valence electrons. The van der Waals surface area contributed by atoms with Gasteiger partial charge < -0.3 is 15.2 Å². The van der Waals surface area contributed by atoms with Crippen LogP contribution in [-0.2, 0) is 9.59 Å². The molecule has 1 amide bonds. The van der Waals surface area contributed by atoms with Gasteiger partial charge >= 0.3 is 5.97 Å². The lowest BCUT2D eigenvalue weighted by atomic mass is 9.82. The molecule has 0 fully saturated rings. The first kappa shape index (κ1) is 18.0. The van der Waals surface area contributed by atoms with Crippen LogP contribution >= 0.6 is 0 Å². The van der Waals surface area contributed by atoms with Crippen molar-refractivity contribution in [2.45, 2.75) is 39.5 Å². The summed E-state index contributed by atoms with van der Waals surface area (Å²) in [5.74, 6) is -0.720. The van der Waals surface area contributed by atoms with Crippen molar-refractivity contribution in [1.82, 2.24) is 5.32 Å². The maximum atomic E-state index is 12.3. The van der Waals surface area contributed by atoms with Gasteiger partial charge in [0.25, 0.3) is 0 Å². The highest BCUT2D eigenvalue weighted by Gasteiger charge is 2.35. The molecule has 0 bridgehead atoms. The van der Waals surface area contributed by atoms with Crippen LogP contribution in [0.15, 0.2) is 24.3 Å². The van der Waals surface area contributed by atoms with Crippen molar-refractivity contribution in [1.29, 1.82) is 0 Å². The Labute approximate surface area is 131 Å². The summed E-state index contributed by atoms with van der Waals surface area (Å²) < 4.78 is 5.16. The average Bonchev–Trinajstić information content (AvgIpc) is 2.55. The largest absolute Gasteiger partial charge is 0.497 e. The third-order valence-electron chi connectivity index (χ3n) is 4.40. The lowest BCUT2D eigenvalue weighted by Crippen LogP contribution is -2.43. The molecule has 2 N–H and O–H groups in total. The molecule has 0 saturated carbocycles. The highest BCUT2D eigenvalue weighted by atomic mass is 16.5. The first-order valence-electron chi connectivity index (χ1n) is 7.55. The SMILES string of the molecule is CCC(CC)(CNC(=O)C(C)c1cccc(OC)c1)C(=O)O. The first-order valence-corrected chi connectivity index (χ1v) is 7.55. The predicted molar refractivity (Wildman–Crippen MR) is 85.1 cm³/mol. The van der Waals surface area contributed by atoms with E-state index < -0.39 is 11.4 Å². The fraction of sp³-hybridized carbons (Fsp3) is 0.529. The van der Waals surface area contributed by atoms with E-state index in [9.17, 15) is 14.7 Å². The molecular weight excluding hydrogens is 282 g/mol. The Bertz CT molecular complexity index is 523. The number of carboxylic acids is 1. The van der Waals surface area contributed by atoms with E-state index in [1.54, 1.807) is 14.0 Å². The summed E-state index contributed by atoms with van der Waals surface area (Å²) in [7, 11) is 1.58. The molecule has 1 aromatic rings. The molecule has 0 aliphatic carbocycles. The van der Waals surface area contributed by atoms with Crippen LogP contribution in [0.5, 0.6) is 5.75 Å². The van der Waals surface area contributed by atoms with Crippen molar-refractivity contribution in [2.75, 3.05) is 13.7 Å². The van der Waals surface area contributed by atoms with Crippen LogP contribution in [0.1, 0.15) is 45.1 Å². The number of carbonyl (C=O) groups is 2. The molecule has 5 nitrogen and oxygen atoms in total. The lowest BCUT2D eigenvalue weighted by Gasteiger charge is -2.27. The van der Waals surface area contributed by atoms with Crippen LogP contribution in [0.2, 0.25) is 0 Å². The minimum atomic E-state index is -0.899. The Hall–Kier alpha value is -2.04. The summed E-state index contributed by atoms with van der Waals surface area (Å²) in [6.07, 6.45) is 0.958. The van der Waals surface area contributed by atoms with Crippen molar-refractivity contribution < 1.29 is 19.4 Å². The van der Waals surface area contributed by atoms with Gasteiger partial charge in [0.1, 0.15) is 5.75 Å². The molecule has 0 radical (unpaired) electrons. The fourth-order valence-corrected chi connectivity index (χ4v) is 2.35. The zero-order chi connectivity index (χ0) is 16.8. The summed E-state index contributed by atoms with van der Waals surface area (Å²) in [6.45, 7) is 5.59. The van der Waals surface area contributed by atoms with E-state index in [-0.39, 0.29) is 18.4 Å².